The Labute approximate surface area is 200 Å². The van der Waals surface area contributed by atoms with Gasteiger partial charge < -0.3 is 10.0 Å². The van der Waals surface area contributed by atoms with Crippen molar-refractivity contribution in [1.29, 1.82) is 0 Å². The van der Waals surface area contributed by atoms with Crippen molar-refractivity contribution >= 4 is 16.9 Å². The lowest BCUT2D eigenvalue weighted by atomic mass is 9.96. The van der Waals surface area contributed by atoms with E-state index in [-0.39, 0.29) is 18.3 Å². The highest BCUT2D eigenvalue weighted by molar-refractivity contribution is 5.97. The first-order chi connectivity index (χ1) is 16.6. The number of aryl methyl sites for hydroxylation is 1. The Morgan fingerprint density at radius 2 is 1.82 bits per heavy atom. The summed E-state index contributed by atoms with van der Waals surface area (Å²) in [6.45, 7) is 3.73. The van der Waals surface area contributed by atoms with Crippen LogP contribution >= 0.6 is 0 Å². The number of likely N-dealkylation sites (tertiary alicyclic amines) is 1. The third-order valence-electron chi connectivity index (χ3n) is 6.46. The van der Waals surface area contributed by atoms with Gasteiger partial charge in [-0.2, -0.15) is 0 Å². The van der Waals surface area contributed by atoms with Gasteiger partial charge in [0, 0.05) is 30.8 Å². The average Bonchev–Trinajstić information content (AvgIpc) is 2.86. The highest BCUT2D eigenvalue weighted by Gasteiger charge is 2.23. The lowest BCUT2D eigenvalue weighted by Crippen LogP contribution is -2.38. The molecule has 0 saturated carbocycles. The van der Waals surface area contributed by atoms with Gasteiger partial charge in [0.1, 0.15) is 5.82 Å². The zero-order chi connectivity index (χ0) is 23.9. The van der Waals surface area contributed by atoms with Crippen LogP contribution in [0, 0.1) is 11.7 Å². The summed E-state index contributed by atoms with van der Waals surface area (Å²) in [4.78, 5) is 24.8. The standard InChI is InChI=1S/C28H32FN3O2/c1-2-6-20-14-16-32(17-15-20)28(34)22-10-13-24-26(19-22)30-25(7-4-3-5-18-33)27(31-24)21-8-11-23(29)12-9-21/h2,6,8-13,19-20,33H,3-5,7,14-18H2,1H3/b6-2+. The third-order valence-corrected chi connectivity index (χ3v) is 6.46. The highest BCUT2D eigenvalue weighted by atomic mass is 19.1. The molecule has 0 spiro atoms. The smallest absolute Gasteiger partial charge is 0.253 e. The van der Waals surface area contributed by atoms with E-state index in [0.717, 1.165) is 62.1 Å². The lowest BCUT2D eigenvalue weighted by molar-refractivity contribution is 0.0705. The third kappa shape index (κ3) is 5.68. The van der Waals surface area contributed by atoms with Gasteiger partial charge in [0.15, 0.2) is 0 Å². The molecule has 1 aromatic heterocycles. The van der Waals surface area contributed by atoms with Gasteiger partial charge in [0.25, 0.3) is 5.91 Å². The number of aromatic nitrogens is 2. The van der Waals surface area contributed by atoms with E-state index < -0.39 is 0 Å². The zero-order valence-corrected chi connectivity index (χ0v) is 19.7. The second kappa shape index (κ2) is 11.3. The summed E-state index contributed by atoms with van der Waals surface area (Å²) in [5.74, 6) is 0.296. The summed E-state index contributed by atoms with van der Waals surface area (Å²) in [6, 6.07) is 11.8. The number of benzene rings is 2. The van der Waals surface area contributed by atoms with Crippen molar-refractivity contribution in [2.24, 2.45) is 5.92 Å². The van der Waals surface area contributed by atoms with Gasteiger partial charge in [-0.05, 0) is 87.4 Å². The summed E-state index contributed by atoms with van der Waals surface area (Å²) < 4.78 is 13.5. The van der Waals surface area contributed by atoms with Crippen LogP contribution in [-0.4, -0.2) is 45.6 Å². The van der Waals surface area contributed by atoms with Crippen LogP contribution in [-0.2, 0) is 6.42 Å². The largest absolute Gasteiger partial charge is 0.396 e. The SMILES string of the molecule is C/C=C/C1CCN(C(=O)c2ccc3nc(-c4ccc(F)cc4)c(CCCCCO)nc3c2)CC1. The van der Waals surface area contributed by atoms with Crippen molar-refractivity contribution in [1.82, 2.24) is 14.9 Å². The van der Waals surface area contributed by atoms with Gasteiger partial charge in [-0.3, -0.25) is 4.79 Å². The number of carbonyl (C=O) groups excluding carboxylic acids is 1. The molecule has 178 valence electrons. The molecular formula is C28H32FN3O2. The molecule has 1 N–H and O–H groups in total. The monoisotopic (exact) mass is 461 g/mol. The molecule has 1 fully saturated rings. The number of hydrogen-bond donors (Lipinski definition) is 1. The number of amides is 1. The number of allylic oxidation sites excluding steroid dienone is 2. The van der Waals surface area contributed by atoms with E-state index in [2.05, 4.69) is 12.2 Å². The quantitative estimate of drug-likeness (QED) is 0.352. The molecule has 4 rings (SSSR count). The Balaban J connectivity index is 1.62. The van der Waals surface area contributed by atoms with Crippen LogP contribution in [0.25, 0.3) is 22.3 Å². The number of aliphatic hydroxyl groups excluding tert-OH is 1. The first kappa shape index (κ1) is 24.0. The molecule has 0 bridgehead atoms. The fraction of sp³-hybridized carbons (Fsp3) is 0.393. The molecule has 0 aliphatic carbocycles. The normalized spacial score (nSPS) is 14.9. The molecule has 0 radical (unpaired) electrons. The van der Waals surface area contributed by atoms with Crippen molar-refractivity contribution in [3.8, 4) is 11.3 Å². The van der Waals surface area contributed by atoms with Crippen LogP contribution < -0.4 is 0 Å². The number of fused-ring (bicyclic) bond motifs is 1. The fourth-order valence-electron chi connectivity index (χ4n) is 4.57. The molecule has 2 heterocycles. The minimum absolute atomic E-state index is 0.0368. The summed E-state index contributed by atoms with van der Waals surface area (Å²) in [5, 5.41) is 9.09. The van der Waals surface area contributed by atoms with Crippen LogP contribution in [0.15, 0.2) is 54.6 Å². The van der Waals surface area contributed by atoms with E-state index in [1.807, 2.05) is 30.0 Å². The van der Waals surface area contributed by atoms with Crippen molar-refractivity contribution in [3.63, 3.8) is 0 Å². The molecule has 0 atom stereocenters. The molecule has 34 heavy (non-hydrogen) atoms. The molecule has 3 aromatic rings. The second-order valence-electron chi connectivity index (χ2n) is 8.92. The molecule has 5 nitrogen and oxygen atoms in total. The summed E-state index contributed by atoms with van der Waals surface area (Å²) in [5.41, 5.74) is 4.42. The van der Waals surface area contributed by atoms with E-state index in [0.29, 0.717) is 28.9 Å². The summed E-state index contributed by atoms with van der Waals surface area (Å²) >= 11 is 0. The Bertz CT molecular complexity index is 1150. The Kier molecular flexibility index (Phi) is 8.01. The van der Waals surface area contributed by atoms with E-state index in [1.165, 1.54) is 12.1 Å². The van der Waals surface area contributed by atoms with Crippen LogP contribution in [0.5, 0.6) is 0 Å². The van der Waals surface area contributed by atoms with E-state index >= 15 is 0 Å². The lowest BCUT2D eigenvalue weighted by Gasteiger charge is -2.30. The molecule has 6 heteroatoms. The van der Waals surface area contributed by atoms with Crippen LogP contribution in [0.2, 0.25) is 0 Å². The van der Waals surface area contributed by atoms with Crippen molar-refractivity contribution < 1.29 is 14.3 Å². The maximum Gasteiger partial charge on any atom is 0.253 e. The predicted molar refractivity (Wildman–Crippen MR) is 133 cm³/mol. The molecule has 1 saturated heterocycles. The summed E-state index contributed by atoms with van der Waals surface area (Å²) in [7, 11) is 0. The van der Waals surface area contributed by atoms with E-state index in [9.17, 15) is 9.18 Å². The Morgan fingerprint density at radius 1 is 1.06 bits per heavy atom. The van der Waals surface area contributed by atoms with Crippen molar-refractivity contribution in [3.05, 3.63) is 71.7 Å². The number of hydrogen-bond acceptors (Lipinski definition) is 4. The molecule has 1 aliphatic rings. The number of rotatable bonds is 8. The number of piperidine rings is 1. The van der Waals surface area contributed by atoms with Gasteiger partial charge in [-0.1, -0.05) is 18.6 Å². The van der Waals surface area contributed by atoms with E-state index in [1.54, 1.807) is 12.1 Å². The van der Waals surface area contributed by atoms with Gasteiger partial charge in [-0.25, -0.2) is 14.4 Å². The van der Waals surface area contributed by atoms with Crippen molar-refractivity contribution in [2.45, 2.75) is 45.4 Å². The number of carbonyl (C=O) groups is 1. The predicted octanol–water partition coefficient (Wildman–Crippen LogP) is 5.57. The van der Waals surface area contributed by atoms with Gasteiger partial charge in [0.05, 0.1) is 22.4 Å². The topological polar surface area (TPSA) is 66.3 Å². The average molecular weight is 462 g/mol. The van der Waals surface area contributed by atoms with Crippen LogP contribution in [0.1, 0.15) is 55.1 Å². The van der Waals surface area contributed by atoms with Crippen LogP contribution in [0.3, 0.4) is 0 Å². The minimum atomic E-state index is -0.292. The fourth-order valence-corrected chi connectivity index (χ4v) is 4.57. The molecule has 1 aliphatic heterocycles. The summed E-state index contributed by atoms with van der Waals surface area (Å²) in [6.07, 6.45) is 9.50. The maximum absolute atomic E-state index is 13.5. The Hall–Kier alpha value is -3.12. The number of unbranched alkanes of at least 4 members (excludes halogenated alkanes) is 2. The highest BCUT2D eigenvalue weighted by Crippen LogP contribution is 2.27. The minimum Gasteiger partial charge on any atom is -0.396 e. The number of nitrogens with zero attached hydrogens (tertiary/aromatic N) is 3. The maximum atomic E-state index is 13.5. The van der Waals surface area contributed by atoms with Gasteiger partial charge in [0.2, 0.25) is 0 Å². The molecule has 1 amide bonds. The van der Waals surface area contributed by atoms with Crippen LogP contribution in [0.4, 0.5) is 4.39 Å². The number of aliphatic hydroxyl groups is 1. The second-order valence-corrected chi connectivity index (χ2v) is 8.92. The molecule has 2 aromatic carbocycles. The van der Waals surface area contributed by atoms with Crippen molar-refractivity contribution in [2.75, 3.05) is 19.7 Å². The molecule has 0 unspecified atom stereocenters. The molecular weight excluding hydrogens is 429 g/mol. The first-order valence-corrected chi connectivity index (χ1v) is 12.2. The zero-order valence-electron chi connectivity index (χ0n) is 19.7. The first-order valence-electron chi connectivity index (χ1n) is 12.2. The van der Waals surface area contributed by atoms with Gasteiger partial charge in [-0.15, -0.1) is 0 Å². The van der Waals surface area contributed by atoms with E-state index in [4.69, 9.17) is 15.1 Å². The van der Waals surface area contributed by atoms with Gasteiger partial charge >= 0.3 is 0 Å². The number of halogens is 1. The Morgan fingerprint density at radius 3 is 2.53 bits per heavy atom.